The van der Waals surface area contributed by atoms with Gasteiger partial charge in [-0.25, -0.2) is 0 Å². The summed E-state index contributed by atoms with van der Waals surface area (Å²) in [6.07, 6.45) is 17.4. The third kappa shape index (κ3) is 36.6. The lowest BCUT2D eigenvalue weighted by Gasteiger charge is -2.25. The SMILES string of the molecule is COCCCOc1cc(CCNC(C)(C)C)c(-c2cc(=O)c(C(C)=O)c[nH]2)cc1Cl.COCCCOc1cc(CCNC(C)(C)C)c(-c2cc(=O)c(C(C)=O)c[nH]2)cc1OC.COCCCOc1cc(CCNC(C)C)c(-c2cc(=O)c(C(C)=O)c[nH]2)cc1Cl.COCCCOc1cc2c(cc1Cl)-c1cc(=O)c(C(C)=O)cn1C(C(C)C)CC2.COCCCOc1cc2c(cc1OC)-c1cc(=O)c(C(C)=O)cn1C(C(C)C)CC2. The number of aromatic amines is 3. The lowest BCUT2D eigenvalue weighted by molar-refractivity contribution is 0.100. The fourth-order valence-electron chi connectivity index (χ4n) is 17.2. The van der Waals surface area contributed by atoms with Crippen molar-refractivity contribution in [3.63, 3.8) is 0 Å². The molecule has 10 aromatic rings. The molecule has 5 aromatic heterocycles. The summed E-state index contributed by atoms with van der Waals surface area (Å²) in [5.41, 5.74) is 12.5. The summed E-state index contributed by atoms with van der Waals surface area (Å²) < 4.78 is 70.1. The van der Waals surface area contributed by atoms with Crippen molar-refractivity contribution in [1.82, 2.24) is 40.0 Å². The van der Waals surface area contributed by atoms with Gasteiger partial charge in [-0.15, -0.1) is 0 Å². The smallest absolute Gasteiger partial charge is 0.192 e. The summed E-state index contributed by atoms with van der Waals surface area (Å²) in [4.78, 5) is 130. The van der Waals surface area contributed by atoms with E-state index in [1.807, 2.05) is 48.5 Å². The second kappa shape index (κ2) is 59.8. The molecule has 6 N–H and O–H groups in total. The molecular formula is C116H153Cl3N8O22. The van der Waals surface area contributed by atoms with Crippen LogP contribution in [0.3, 0.4) is 0 Å². The van der Waals surface area contributed by atoms with Crippen molar-refractivity contribution in [2.75, 3.05) is 135 Å². The number of carbonyl (C=O) groups is 5. The third-order valence-corrected chi connectivity index (χ3v) is 25.8. The topological polar surface area (TPSA) is 375 Å². The van der Waals surface area contributed by atoms with Crippen molar-refractivity contribution in [2.24, 2.45) is 11.8 Å². The van der Waals surface area contributed by atoms with E-state index in [1.165, 1.54) is 71.4 Å². The molecule has 0 fully saturated rings. The van der Waals surface area contributed by atoms with Crippen molar-refractivity contribution in [3.05, 3.63) is 244 Å². The number of rotatable bonds is 47. The number of ketones is 5. The molecule has 0 amide bonds. The summed E-state index contributed by atoms with van der Waals surface area (Å²) in [5.74, 6) is 3.90. The largest absolute Gasteiger partial charge is 0.493 e. The van der Waals surface area contributed by atoms with Gasteiger partial charge in [-0.05, 0) is 241 Å². The highest BCUT2D eigenvalue weighted by molar-refractivity contribution is 6.33. The van der Waals surface area contributed by atoms with Crippen LogP contribution in [0.1, 0.15) is 254 Å². The number of hydrogen-bond acceptors (Lipinski definition) is 25. The maximum absolute atomic E-state index is 12.7. The van der Waals surface area contributed by atoms with Crippen LogP contribution in [-0.4, -0.2) is 206 Å². The average Bonchev–Trinajstić information content (AvgIpc) is 1.64. The fraction of sp³-hybridized carbons (Fsp3) is 0.483. The highest BCUT2D eigenvalue weighted by atomic mass is 35.5. The first-order chi connectivity index (χ1) is 70.8. The number of fused-ring (bicyclic) bond motifs is 6. The van der Waals surface area contributed by atoms with Crippen LogP contribution in [0.5, 0.6) is 40.2 Å². The van der Waals surface area contributed by atoms with Crippen LogP contribution in [0.25, 0.3) is 56.3 Å². The van der Waals surface area contributed by atoms with E-state index in [0.717, 1.165) is 157 Å². The Labute approximate surface area is 890 Å². The van der Waals surface area contributed by atoms with Gasteiger partial charge in [0, 0.05) is 236 Å². The number of H-pyrrole nitrogens is 3. The molecule has 0 saturated heterocycles. The Bertz CT molecular complexity index is 6480. The number of aromatic nitrogens is 5. The van der Waals surface area contributed by atoms with Crippen molar-refractivity contribution in [1.29, 1.82) is 0 Å². The Kier molecular flexibility index (Phi) is 49.2. The van der Waals surface area contributed by atoms with Gasteiger partial charge in [-0.2, -0.15) is 0 Å². The molecule has 33 heteroatoms. The molecule has 7 heterocycles. The summed E-state index contributed by atoms with van der Waals surface area (Å²) in [6.45, 7) is 40.5. The zero-order valence-electron chi connectivity index (χ0n) is 91.1. The molecule has 30 nitrogen and oxygen atoms in total. The summed E-state index contributed by atoms with van der Waals surface area (Å²) in [6, 6.07) is 27.4. The molecule has 2 aliphatic rings. The molecular weight excluding hydrogens is 1960 g/mol. The number of methoxy groups -OCH3 is 7. The zero-order valence-corrected chi connectivity index (χ0v) is 93.4. The normalized spacial score (nSPS) is 13.0. The van der Waals surface area contributed by atoms with Crippen LogP contribution in [-0.2, 0) is 55.8 Å². The van der Waals surface area contributed by atoms with E-state index >= 15 is 0 Å². The van der Waals surface area contributed by atoms with Gasteiger partial charge in [0.05, 0.1) is 102 Å². The third-order valence-electron chi connectivity index (χ3n) is 24.9. The highest BCUT2D eigenvalue weighted by Crippen LogP contribution is 2.45. The van der Waals surface area contributed by atoms with E-state index in [1.54, 1.807) is 86.4 Å². The van der Waals surface area contributed by atoms with E-state index in [2.05, 4.69) is 123 Å². The molecule has 5 aromatic carbocycles. The van der Waals surface area contributed by atoms with Gasteiger partial charge in [-0.3, -0.25) is 47.9 Å². The Morgan fingerprint density at radius 3 is 0.926 bits per heavy atom. The number of ether oxygens (including phenoxy) is 12. The van der Waals surface area contributed by atoms with Crippen LogP contribution < -0.4 is 76.3 Å². The summed E-state index contributed by atoms with van der Waals surface area (Å²) >= 11 is 19.4. The molecule has 0 spiro atoms. The van der Waals surface area contributed by atoms with Gasteiger partial charge in [0.2, 0.25) is 0 Å². The lowest BCUT2D eigenvalue weighted by Crippen LogP contribution is -2.37. The van der Waals surface area contributed by atoms with Gasteiger partial charge in [0.1, 0.15) is 17.2 Å². The average molecular weight is 2120 g/mol. The first-order valence-corrected chi connectivity index (χ1v) is 51.9. The predicted octanol–water partition coefficient (Wildman–Crippen LogP) is 20.9. The van der Waals surface area contributed by atoms with Crippen LogP contribution in [0.2, 0.25) is 15.1 Å². The second-order valence-corrected chi connectivity index (χ2v) is 41.1. The Balaban J connectivity index is 0.000000227. The number of nitrogens with zero attached hydrogens (tertiary/aromatic N) is 2. The number of pyridine rings is 5. The molecule has 12 rings (SSSR count). The second-order valence-electron chi connectivity index (χ2n) is 39.9. The minimum atomic E-state index is -0.314. The fourth-order valence-corrected chi connectivity index (χ4v) is 17.9. The number of carbonyl (C=O) groups excluding carboxylic acids is 5. The van der Waals surface area contributed by atoms with Crippen LogP contribution in [0.4, 0.5) is 0 Å². The van der Waals surface area contributed by atoms with Crippen molar-refractivity contribution < 1.29 is 80.8 Å². The quantitative estimate of drug-likeness (QED) is 0.0152. The maximum Gasteiger partial charge on any atom is 0.192 e. The highest BCUT2D eigenvalue weighted by Gasteiger charge is 2.31. The number of Topliss-reactive ketones (excluding diaryl/α,β-unsaturated/α-hetero) is 5. The molecule has 0 radical (unpaired) electrons. The van der Waals surface area contributed by atoms with Crippen LogP contribution in [0, 0.1) is 11.8 Å². The number of benzene rings is 5. The number of hydrogen-bond donors (Lipinski definition) is 6. The van der Waals surface area contributed by atoms with Gasteiger partial charge in [0.15, 0.2) is 79.1 Å². The van der Waals surface area contributed by atoms with E-state index in [0.29, 0.717) is 163 Å². The molecule has 2 unspecified atom stereocenters. The van der Waals surface area contributed by atoms with E-state index in [9.17, 15) is 47.9 Å². The monoisotopic (exact) mass is 2120 g/mol. The predicted molar refractivity (Wildman–Crippen MR) is 592 cm³/mol. The lowest BCUT2D eigenvalue weighted by atomic mass is 9.96. The molecule has 0 saturated carbocycles. The van der Waals surface area contributed by atoms with E-state index in [4.69, 9.17) is 91.6 Å². The van der Waals surface area contributed by atoms with Crippen molar-refractivity contribution in [3.8, 4) is 96.5 Å². The Morgan fingerprint density at radius 2 is 0.624 bits per heavy atom. The van der Waals surface area contributed by atoms with E-state index in [-0.39, 0.29) is 107 Å². The van der Waals surface area contributed by atoms with Gasteiger partial charge in [0.25, 0.3) is 0 Å². The minimum Gasteiger partial charge on any atom is -0.493 e. The number of nitrogens with one attached hydrogen (secondary N) is 6. The van der Waals surface area contributed by atoms with E-state index < -0.39 is 0 Å². The first kappa shape index (κ1) is 123. The van der Waals surface area contributed by atoms with Gasteiger partial charge >= 0.3 is 0 Å². The molecule has 0 aliphatic carbocycles. The Hall–Kier alpha value is -11.7. The maximum atomic E-state index is 12.7. The summed E-state index contributed by atoms with van der Waals surface area (Å²) in [5, 5.41) is 11.8. The van der Waals surface area contributed by atoms with Crippen molar-refractivity contribution in [2.45, 2.75) is 224 Å². The minimum absolute atomic E-state index is 0.0104. The van der Waals surface area contributed by atoms with Gasteiger partial charge in [-0.1, -0.05) is 76.3 Å². The number of halogens is 3. The standard InChI is InChI=1S/C24H34N2O5.C24H31NO5.C23H31ClN2O4.C23H28ClNO4.C22H29ClN2O4/c1-16(27)19-15-25-20(14-21(19)28)18-13-22(30-6)23(31-11-7-10-29-5)12-17(18)8-9-26-24(2,3)4;1-15(2)20-8-7-17-11-24(30-10-6-9-28-4)23(29-5)12-18(17)21-13-22(27)19(16(3)26)14-25(20)21;1-15(27)18-14-25-20(13-21(18)28)17-12-19(24)22(30-10-6-9-29-5)11-16(17)7-8-26-23(2,3)4;1-14(2)20-7-6-16-10-23(29-9-5-8-28-4)19(24)11-17(16)21-12-22(27)18(15(3)26)13-25(20)21;1-14(2)24-7-6-16-10-22(29-9-5-8-28-4)19(23)11-17(16)20-12-21(27)18(13-25-20)15(3)26/h12-15,26H,7-11H2,1-6H3,(H,25,28);11-15,20H,6-10H2,1-5H3;11-14,26H,6-10H2,1-5H3,(H,25,28);10-14,20H,5-9H2,1-4H3;10-14,24H,5-9H2,1-4H3,(H,25,27). The molecule has 0 bridgehead atoms. The van der Waals surface area contributed by atoms with Crippen LogP contribution in [0.15, 0.2) is 146 Å². The number of aryl methyl sites for hydroxylation is 2. The van der Waals surface area contributed by atoms with Gasteiger partial charge < -0.3 is 96.9 Å². The van der Waals surface area contributed by atoms with Crippen LogP contribution >= 0.6 is 34.8 Å². The molecule has 2 aliphatic heterocycles. The Morgan fingerprint density at radius 1 is 0.349 bits per heavy atom. The molecule has 810 valence electrons. The zero-order chi connectivity index (χ0) is 110. The summed E-state index contributed by atoms with van der Waals surface area (Å²) in [7, 11) is 11.5. The first-order valence-electron chi connectivity index (χ1n) is 50.8. The molecule has 149 heavy (non-hydrogen) atoms. The molecule has 2 atom stereocenters. The van der Waals surface area contributed by atoms with Crippen molar-refractivity contribution >= 4 is 63.7 Å².